The SMILES string of the molecule is CN(C)C(=O)c1ccc(-c2cnc3c(n2)c(N2Cc4ccccc4C2=O)cn3C(c2ccccc2)(c2ccccc2)c2ccccc2)cc1. The van der Waals surface area contributed by atoms with Crippen molar-refractivity contribution in [2.75, 3.05) is 19.0 Å². The summed E-state index contributed by atoms with van der Waals surface area (Å²) < 4.78 is 2.18. The molecule has 0 spiro atoms. The Morgan fingerprint density at radius 1 is 0.714 bits per heavy atom. The fraction of sp³-hybridized carbons (Fsp3) is 0.0952. The third-order valence-corrected chi connectivity index (χ3v) is 9.36. The van der Waals surface area contributed by atoms with E-state index in [-0.39, 0.29) is 11.8 Å². The molecule has 0 aliphatic carbocycles. The maximum Gasteiger partial charge on any atom is 0.259 e. The van der Waals surface area contributed by atoms with Gasteiger partial charge in [-0.3, -0.25) is 9.59 Å². The van der Waals surface area contributed by atoms with Gasteiger partial charge in [-0.1, -0.05) is 121 Å². The molecule has 0 saturated heterocycles. The van der Waals surface area contributed by atoms with Crippen molar-refractivity contribution in [2.24, 2.45) is 0 Å². The molecule has 0 unspecified atom stereocenters. The van der Waals surface area contributed by atoms with Crippen LogP contribution in [0, 0.1) is 0 Å². The molecule has 0 saturated carbocycles. The van der Waals surface area contributed by atoms with Gasteiger partial charge in [0.05, 0.1) is 24.1 Å². The van der Waals surface area contributed by atoms with E-state index < -0.39 is 5.54 Å². The first-order chi connectivity index (χ1) is 24.0. The highest BCUT2D eigenvalue weighted by molar-refractivity contribution is 6.13. The smallest absolute Gasteiger partial charge is 0.259 e. The van der Waals surface area contributed by atoms with Crippen molar-refractivity contribution in [3.63, 3.8) is 0 Å². The molecule has 7 heteroatoms. The molecule has 7 nitrogen and oxygen atoms in total. The molecule has 7 aromatic rings. The van der Waals surface area contributed by atoms with Gasteiger partial charge in [0.15, 0.2) is 5.65 Å². The van der Waals surface area contributed by atoms with Crippen LogP contribution in [0.2, 0.25) is 0 Å². The summed E-state index contributed by atoms with van der Waals surface area (Å²) in [6, 6.07) is 46.4. The summed E-state index contributed by atoms with van der Waals surface area (Å²) in [7, 11) is 3.47. The van der Waals surface area contributed by atoms with Crippen LogP contribution in [0.25, 0.3) is 22.4 Å². The molecule has 5 aromatic carbocycles. The van der Waals surface area contributed by atoms with Crippen molar-refractivity contribution in [1.29, 1.82) is 0 Å². The summed E-state index contributed by atoms with van der Waals surface area (Å²) in [5.41, 5.74) is 7.90. The predicted molar refractivity (Wildman–Crippen MR) is 193 cm³/mol. The molecule has 0 atom stereocenters. The van der Waals surface area contributed by atoms with Crippen molar-refractivity contribution in [3.05, 3.63) is 185 Å². The molecular formula is C42H33N5O2. The number of hydrogen-bond acceptors (Lipinski definition) is 4. The minimum absolute atomic E-state index is 0.0707. The van der Waals surface area contributed by atoms with Crippen molar-refractivity contribution in [2.45, 2.75) is 12.1 Å². The summed E-state index contributed by atoms with van der Waals surface area (Å²) in [5.74, 6) is -0.142. The minimum atomic E-state index is -0.861. The first kappa shape index (κ1) is 30.0. The molecule has 0 N–H and O–H groups in total. The molecule has 0 radical (unpaired) electrons. The highest BCUT2D eigenvalue weighted by Crippen LogP contribution is 2.45. The minimum Gasteiger partial charge on any atom is -0.345 e. The Hall–Kier alpha value is -6.34. The molecule has 2 amide bonds. The lowest BCUT2D eigenvalue weighted by Gasteiger charge is -2.38. The number of benzene rings is 5. The van der Waals surface area contributed by atoms with E-state index in [4.69, 9.17) is 9.97 Å². The maximum atomic E-state index is 14.1. The Labute approximate surface area is 284 Å². The number of carbonyl (C=O) groups is 2. The van der Waals surface area contributed by atoms with Crippen LogP contribution in [0.4, 0.5) is 5.69 Å². The summed E-state index contributed by atoms with van der Waals surface area (Å²) in [5, 5.41) is 0. The second-order valence-corrected chi connectivity index (χ2v) is 12.4. The van der Waals surface area contributed by atoms with Gasteiger partial charge >= 0.3 is 0 Å². The fourth-order valence-electron chi connectivity index (χ4n) is 7.01. The van der Waals surface area contributed by atoms with E-state index in [1.807, 2.05) is 77.8 Å². The monoisotopic (exact) mass is 639 g/mol. The van der Waals surface area contributed by atoms with Gasteiger partial charge < -0.3 is 14.4 Å². The van der Waals surface area contributed by atoms with Gasteiger partial charge in [-0.2, -0.15) is 0 Å². The van der Waals surface area contributed by atoms with Crippen LogP contribution < -0.4 is 4.90 Å². The van der Waals surface area contributed by atoms with Gasteiger partial charge in [0, 0.05) is 37.0 Å². The molecule has 0 bridgehead atoms. The van der Waals surface area contributed by atoms with Crippen molar-refractivity contribution >= 4 is 28.7 Å². The van der Waals surface area contributed by atoms with Crippen LogP contribution in [-0.2, 0) is 12.1 Å². The topological polar surface area (TPSA) is 71.3 Å². The van der Waals surface area contributed by atoms with E-state index in [1.165, 1.54) is 0 Å². The summed E-state index contributed by atoms with van der Waals surface area (Å²) >= 11 is 0. The normalized spacial score (nSPS) is 12.7. The largest absolute Gasteiger partial charge is 0.345 e. The zero-order valence-electron chi connectivity index (χ0n) is 27.2. The Morgan fingerprint density at radius 3 is 1.82 bits per heavy atom. The first-order valence-corrected chi connectivity index (χ1v) is 16.2. The van der Waals surface area contributed by atoms with Crippen molar-refractivity contribution < 1.29 is 9.59 Å². The van der Waals surface area contributed by atoms with E-state index in [2.05, 4.69) is 77.4 Å². The van der Waals surface area contributed by atoms with Gasteiger partial charge in [0.25, 0.3) is 11.8 Å². The van der Waals surface area contributed by atoms with Gasteiger partial charge in [-0.15, -0.1) is 0 Å². The summed E-state index contributed by atoms with van der Waals surface area (Å²) in [6.07, 6.45) is 3.82. The van der Waals surface area contributed by atoms with Crippen LogP contribution in [0.5, 0.6) is 0 Å². The van der Waals surface area contributed by atoms with Crippen LogP contribution in [0.3, 0.4) is 0 Å². The quantitative estimate of drug-likeness (QED) is 0.167. The molecule has 1 aliphatic heterocycles. The van der Waals surface area contributed by atoms with Gasteiger partial charge in [-0.25, -0.2) is 9.97 Å². The lowest BCUT2D eigenvalue weighted by Crippen LogP contribution is -2.37. The number of nitrogens with zero attached hydrogens (tertiary/aromatic N) is 5. The number of carbonyl (C=O) groups excluding carboxylic acids is 2. The summed E-state index contributed by atoms with van der Waals surface area (Å²) in [4.78, 5) is 40.4. The number of fused-ring (bicyclic) bond motifs is 2. The van der Waals surface area contributed by atoms with Crippen LogP contribution in [0.15, 0.2) is 152 Å². The molecule has 8 rings (SSSR count). The molecular weight excluding hydrogens is 606 g/mol. The van der Waals surface area contributed by atoms with Crippen LogP contribution >= 0.6 is 0 Å². The zero-order valence-corrected chi connectivity index (χ0v) is 27.2. The lowest BCUT2D eigenvalue weighted by molar-refractivity contribution is 0.0827. The van der Waals surface area contributed by atoms with Gasteiger partial charge in [0.1, 0.15) is 11.1 Å². The highest BCUT2D eigenvalue weighted by Gasteiger charge is 2.42. The third kappa shape index (κ3) is 4.90. The number of anilines is 1. The second kappa shape index (κ2) is 12.0. The molecule has 2 aromatic heterocycles. The number of aromatic nitrogens is 3. The molecule has 49 heavy (non-hydrogen) atoms. The molecule has 1 aliphatic rings. The highest BCUT2D eigenvalue weighted by atomic mass is 16.2. The predicted octanol–water partition coefficient (Wildman–Crippen LogP) is 7.80. The van der Waals surface area contributed by atoms with Crippen molar-refractivity contribution in [1.82, 2.24) is 19.4 Å². The lowest BCUT2D eigenvalue weighted by atomic mass is 9.76. The first-order valence-electron chi connectivity index (χ1n) is 16.2. The Bertz CT molecular complexity index is 2220. The van der Waals surface area contributed by atoms with E-state index in [0.717, 1.165) is 27.8 Å². The second-order valence-electron chi connectivity index (χ2n) is 12.4. The fourth-order valence-corrected chi connectivity index (χ4v) is 7.01. The van der Waals surface area contributed by atoms with Crippen LogP contribution in [0.1, 0.15) is 43.0 Å². The average molecular weight is 640 g/mol. The average Bonchev–Trinajstić information content (AvgIpc) is 3.70. The Balaban J connectivity index is 1.41. The van der Waals surface area contributed by atoms with Crippen molar-refractivity contribution in [3.8, 4) is 11.3 Å². The van der Waals surface area contributed by atoms with E-state index in [0.29, 0.717) is 40.2 Å². The third-order valence-electron chi connectivity index (χ3n) is 9.36. The van der Waals surface area contributed by atoms with E-state index in [9.17, 15) is 9.59 Å². The molecule has 3 heterocycles. The molecule has 0 fully saturated rings. The maximum absolute atomic E-state index is 14.1. The van der Waals surface area contributed by atoms with Gasteiger partial charge in [-0.05, 0) is 40.5 Å². The van der Waals surface area contributed by atoms with E-state index >= 15 is 0 Å². The van der Waals surface area contributed by atoms with Gasteiger partial charge in [0.2, 0.25) is 0 Å². The standard InChI is InChI=1S/C42H33N5O2/c1-45(2)40(48)30-24-22-29(23-25-30)36-26-43-39-38(44-36)37(46-27-31-14-12-13-21-35(31)41(46)49)28-47(39)42(32-15-6-3-7-16-32,33-17-8-4-9-18-33)34-19-10-5-11-20-34/h3-26,28H,27H2,1-2H3. The summed E-state index contributed by atoms with van der Waals surface area (Å²) in [6.45, 7) is 0.427. The number of rotatable bonds is 7. The molecule has 238 valence electrons. The van der Waals surface area contributed by atoms with Crippen LogP contribution in [-0.4, -0.2) is 45.3 Å². The number of hydrogen-bond donors (Lipinski definition) is 0. The Morgan fingerprint density at radius 2 is 1.27 bits per heavy atom. The number of amides is 2. The zero-order chi connectivity index (χ0) is 33.5. The Kier molecular flexibility index (Phi) is 7.37. The van der Waals surface area contributed by atoms with E-state index in [1.54, 1.807) is 25.2 Å².